The lowest BCUT2D eigenvalue weighted by molar-refractivity contribution is -0.773. The third-order valence-electron chi connectivity index (χ3n) is 1.01. The fourth-order valence-electron chi connectivity index (χ4n) is 0.584. The van der Waals surface area contributed by atoms with Crippen LogP contribution >= 0.6 is 15.9 Å². The summed E-state index contributed by atoms with van der Waals surface area (Å²) in [5.74, 6) is 0. The van der Waals surface area contributed by atoms with Gasteiger partial charge < -0.3 is 17.0 Å². The molecule has 0 fully saturated rings. The second-order valence-electron chi connectivity index (χ2n) is 1.75. The SMILES string of the molecule is FC(F)[n+]1cccc(Br)c1.[Br-]. The Bertz CT molecular complexity index is 230. The van der Waals surface area contributed by atoms with Gasteiger partial charge in [0.05, 0.1) is 4.47 Å². The number of hydrogen-bond donors (Lipinski definition) is 0. The normalized spacial score (nSPS) is 9.45. The summed E-state index contributed by atoms with van der Waals surface area (Å²) >= 11 is 3.08. The molecule has 0 saturated heterocycles. The maximum Gasteiger partial charge on any atom is 0.451 e. The minimum atomic E-state index is -2.46. The van der Waals surface area contributed by atoms with Crippen LogP contribution in [0.4, 0.5) is 8.78 Å². The Morgan fingerprint density at radius 3 is 2.45 bits per heavy atom. The van der Waals surface area contributed by atoms with Gasteiger partial charge in [-0.2, -0.15) is 0 Å². The van der Waals surface area contributed by atoms with Crippen molar-refractivity contribution >= 4 is 15.9 Å². The number of alkyl halides is 2. The zero-order valence-electron chi connectivity index (χ0n) is 5.35. The van der Waals surface area contributed by atoms with Crippen molar-refractivity contribution in [3.8, 4) is 0 Å². The first-order chi connectivity index (χ1) is 4.70. The first kappa shape index (κ1) is 11.0. The molecule has 0 aliphatic carbocycles. The van der Waals surface area contributed by atoms with E-state index in [9.17, 15) is 8.78 Å². The van der Waals surface area contributed by atoms with E-state index in [-0.39, 0.29) is 17.0 Å². The molecule has 0 N–H and O–H groups in total. The molecular formula is C6H5Br2F2N. The Labute approximate surface area is 81.9 Å². The highest BCUT2D eigenvalue weighted by atomic mass is 79.9. The fourth-order valence-corrected chi connectivity index (χ4v) is 0.973. The fraction of sp³-hybridized carbons (Fsp3) is 0.167. The standard InChI is InChI=1S/C6H5BrF2N.BrH/c7-5-2-1-3-10(4-5)6(8)9;/h1-4,6H;1H/q+1;/p-1. The molecule has 62 valence electrons. The average molecular weight is 289 g/mol. The maximum atomic E-state index is 11.9. The van der Waals surface area contributed by atoms with Crippen LogP contribution in [0.5, 0.6) is 0 Å². The summed E-state index contributed by atoms with van der Waals surface area (Å²) < 4.78 is 25.3. The molecule has 1 aromatic heterocycles. The van der Waals surface area contributed by atoms with Gasteiger partial charge in [0, 0.05) is 6.07 Å². The van der Waals surface area contributed by atoms with Crippen LogP contribution in [0, 0.1) is 0 Å². The molecule has 0 unspecified atom stereocenters. The van der Waals surface area contributed by atoms with Gasteiger partial charge in [0.25, 0.3) is 0 Å². The van der Waals surface area contributed by atoms with Crippen LogP contribution in [0.25, 0.3) is 0 Å². The van der Waals surface area contributed by atoms with Gasteiger partial charge in [-0.05, 0) is 22.0 Å². The Kier molecular flexibility index (Phi) is 4.76. The van der Waals surface area contributed by atoms with Gasteiger partial charge >= 0.3 is 6.55 Å². The monoisotopic (exact) mass is 287 g/mol. The van der Waals surface area contributed by atoms with Crippen LogP contribution in [-0.4, -0.2) is 0 Å². The highest BCUT2D eigenvalue weighted by Crippen LogP contribution is 2.06. The Hall–Kier alpha value is -0.0300. The molecule has 0 bridgehead atoms. The van der Waals surface area contributed by atoms with Crippen LogP contribution in [-0.2, 0) is 0 Å². The first-order valence-corrected chi connectivity index (χ1v) is 3.44. The molecule has 1 nitrogen and oxygen atoms in total. The summed E-state index contributed by atoms with van der Waals surface area (Å²) in [5, 5.41) is 0. The predicted molar refractivity (Wildman–Crippen MR) is 35.6 cm³/mol. The van der Waals surface area contributed by atoms with Crippen LogP contribution in [0.15, 0.2) is 29.0 Å². The second-order valence-corrected chi connectivity index (χ2v) is 2.66. The zero-order chi connectivity index (χ0) is 7.56. The second kappa shape index (κ2) is 4.77. The van der Waals surface area contributed by atoms with Crippen molar-refractivity contribution in [1.82, 2.24) is 0 Å². The summed E-state index contributed by atoms with van der Waals surface area (Å²) in [6.07, 6.45) is 2.64. The van der Waals surface area contributed by atoms with E-state index in [1.54, 1.807) is 12.1 Å². The van der Waals surface area contributed by atoms with Gasteiger partial charge in [0.1, 0.15) is 0 Å². The smallest absolute Gasteiger partial charge is 0.451 e. The van der Waals surface area contributed by atoms with Gasteiger partial charge in [-0.3, -0.25) is 0 Å². The maximum absolute atomic E-state index is 11.9. The molecule has 11 heavy (non-hydrogen) atoms. The van der Waals surface area contributed by atoms with Gasteiger partial charge in [-0.15, -0.1) is 13.3 Å². The third-order valence-corrected chi connectivity index (χ3v) is 1.48. The van der Waals surface area contributed by atoms with Crippen molar-refractivity contribution in [1.29, 1.82) is 0 Å². The van der Waals surface area contributed by atoms with Gasteiger partial charge in [-0.25, -0.2) is 0 Å². The van der Waals surface area contributed by atoms with E-state index in [4.69, 9.17) is 0 Å². The van der Waals surface area contributed by atoms with Crippen molar-refractivity contribution in [2.24, 2.45) is 0 Å². The van der Waals surface area contributed by atoms with E-state index in [0.29, 0.717) is 4.47 Å². The summed E-state index contributed by atoms with van der Waals surface area (Å²) in [7, 11) is 0. The number of rotatable bonds is 1. The van der Waals surface area contributed by atoms with Crippen molar-refractivity contribution in [3.05, 3.63) is 29.0 Å². The van der Waals surface area contributed by atoms with Gasteiger partial charge in [-0.1, -0.05) is 0 Å². The third kappa shape index (κ3) is 3.25. The van der Waals surface area contributed by atoms with Crippen LogP contribution in [0.1, 0.15) is 6.55 Å². The average Bonchev–Trinajstić information content (AvgIpc) is 1.88. The minimum Gasteiger partial charge on any atom is -1.00 e. The van der Waals surface area contributed by atoms with Gasteiger partial charge in [0.15, 0.2) is 12.4 Å². The Morgan fingerprint density at radius 1 is 1.45 bits per heavy atom. The summed E-state index contributed by atoms with van der Waals surface area (Å²) in [5.41, 5.74) is 0. The zero-order valence-corrected chi connectivity index (χ0v) is 8.52. The topological polar surface area (TPSA) is 3.88 Å². The molecular weight excluding hydrogens is 284 g/mol. The largest absolute Gasteiger partial charge is 1.00 e. The van der Waals surface area contributed by atoms with E-state index >= 15 is 0 Å². The first-order valence-electron chi connectivity index (χ1n) is 2.64. The molecule has 5 heteroatoms. The summed E-state index contributed by atoms with van der Waals surface area (Å²) in [6.45, 7) is -2.46. The van der Waals surface area contributed by atoms with Crippen molar-refractivity contribution in [3.63, 3.8) is 0 Å². The van der Waals surface area contributed by atoms with E-state index < -0.39 is 6.55 Å². The number of pyridine rings is 1. The quantitative estimate of drug-likeness (QED) is 0.592. The lowest BCUT2D eigenvalue weighted by atomic mass is 10.5. The number of hydrogen-bond acceptors (Lipinski definition) is 0. The molecule has 1 heterocycles. The molecule has 0 aliphatic rings. The summed E-state index contributed by atoms with van der Waals surface area (Å²) in [6, 6.07) is 3.25. The Morgan fingerprint density at radius 2 is 2.09 bits per heavy atom. The highest BCUT2D eigenvalue weighted by Gasteiger charge is 2.12. The molecule has 0 aliphatic heterocycles. The van der Waals surface area contributed by atoms with E-state index in [0.717, 1.165) is 4.57 Å². The van der Waals surface area contributed by atoms with E-state index in [2.05, 4.69) is 15.9 Å². The summed E-state index contributed by atoms with van der Waals surface area (Å²) in [4.78, 5) is 0. The van der Waals surface area contributed by atoms with Crippen LogP contribution in [0.3, 0.4) is 0 Å². The lowest BCUT2D eigenvalue weighted by Gasteiger charge is -1.91. The highest BCUT2D eigenvalue weighted by molar-refractivity contribution is 9.10. The minimum absolute atomic E-state index is 0. The molecule has 0 amide bonds. The molecule has 0 atom stereocenters. The van der Waals surface area contributed by atoms with Gasteiger partial charge in [0.2, 0.25) is 0 Å². The molecule has 0 aromatic carbocycles. The molecule has 0 spiro atoms. The Balaban J connectivity index is 0.000001000. The van der Waals surface area contributed by atoms with Crippen molar-refractivity contribution < 1.29 is 30.3 Å². The van der Waals surface area contributed by atoms with E-state index in [1.165, 1.54) is 12.4 Å². The number of nitrogens with zero attached hydrogens (tertiary/aromatic N) is 1. The van der Waals surface area contributed by atoms with Crippen LogP contribution in [0.2, 0.25) is 0 Å². The molecule has 0 radical (unpaired) electrons. The number of halogens is 4. The predicted octanol–water partition coefficient (Wildman–Crippen LogP) is -0.864. The van der Waals surface area contributed by atoms with Crippen molar-refractivity contribution in [2.75, 3.05) is 0 Å². The van der Waals surface area contributed by atoms with E-state index in [1.807, 2.05) is 0 Å². The van der Waals surface area contributed by atoms with Crippen molar-refractivity contribution in [2.45, 2.75) is 6.55 Å². The molecule has 0 saturated carbocycles. The number of aromatic nitrogens is 1. The lowest BCUT2D eigenvalue weighted by Crippen LogP contribution is -3.00. The van der Waals surface area contributed by atoms with Crippen LogP contribution < -0.4 is 21.5 Å². The molecule has 1 rings (SSSR count). The molecule has 1 aromatic rings.